The zero-order valence-electron chi connectivity index (χ0n) is 11.2. The molecule has 0 aromatic heterocycles. The zero-order valence-corrected chi connectivity index (χ0v) is 11.2. The normalized spacial score (nSPS) is 10.1. The highest BCUT2D eigenvalue weighted by molar-refractivity contribution is 5.77. The van der Waals surface area contributed by atoms with Crippen LogP contribution in [0.25, 0.3) is 0 Å². The predicted molar refractivity (Wildman–Crippen MR) is 74.9 cm³/mol. The van der Waals surface area contributed by atoms with Gasteiger partial charge in [-0.25, -0.2) is 4.39 Å². The van der Waals surface area contributed by atoms with Crippen LogP contribution in [0.2, 0.25) is 0 Å². The molecule has 1 amide bonds. The summed E-state index contributed by atoms with van der Waals surface area (Å²) in [5.41, 5.74) is 2.21. The van der Waals surface area contributed by atoms with E-state index in [1.165, 1.54) is 29.8 Å². The van der Waals surface area contributed by atoms with Crippen molar-refractivity contribution in [3.63, 3.8) is 0 Å². The molecule has 2 aromatic rings. The van der Waals surface area contributed by atoms with Crippen LogP contribution in [0.15, 0.2) is 48.5 Å². The third kappa shape index (κ3) is 4.39. The maximum atomic E-state index is 12.7. The van der Waals surface area contributed by atoms with E-state index in [9.17, 15) is 9.18 Å². The van der Waals surface area contributed by atoms with Crippen LogP contribution in [0, 0.1) is 12.7 Å². The molecule has 0 spiro atoms. The van der Waals surface area contributed by atoms with Gasteiger partial charge in [0, 0.05) is 6.54 Å². The molecule has 0 unspecified atom stereocenters. The molecule has 2 rings (SSSR count). The first-order valence-electron chi connectivity index (χ1n) is 6.34. The topological polar surface area (TPSA) is 38.3 Å². The summed E-state index contributed by atoms with van der Waals surface area (Å²) in [6.45, 7) is 2.39. The lowest BCUT2D eigenvalue weighted by atomic mass is 10.1. The van der Waals surface area contributed by atoms with Crippen LogP contribution in [0.1, 0.15) is 11.1 Å². The molecule has 0 radical (unpaired) electrons. The minimum atomic E-state index is -0.332. The largest absolute Gasteiger partial charge is 0.484 e. The second-order valence-electron chi connectivity index (χ2n) is 4.50. The quantitative estimate of drug-likeness (QED) is 0.909. The molecule has 0 aliphatic heterocycles. The maximum Gasteiger partial charge on any atom is 0.258 e. The number of benzene rings is 2. The van der Waals surface area contributed by atoms with Gasteiger partial charge in [-0.15, -0.1) is 0 Å². The van der Waals surface area contributed by atoms with Crippen molar-refractivity contribution in [2.45, 2.75) is 13.5 Å². The Morgan fingerprint density at radius 1 is 1.10 bits per heavy atom. The van der Waals surface area contributed by atoms with Crippen LogP contribution < -0.4 is 10.1 Å². The van der Waals surface area contributed by atoms with Gasteiger partial charge in [0.05, 0.1) is 0 Å². The third-order valence-corrected chi connectivity index (χ3v) is 2.79. The number of ether oxygens (including phenoxy) is 1. The summed E-state index contributed by atoms with van der Waals surface area (Å²) < 4.78 is 17.9. The van der Waals surface area contributed by atoms with Crippen molar-refractivity contribution in [2.24, 2.45) is 0 Å². The van der Waals surface area contributed by atoms with Crippen LogP contribution >= 0.6 is 0 Å². The monoisotopic (exact) mass is 273 g/mol. The number of nitrogens with one attached hydrogen (secondary N) is 1. The minimum absolute atomic E-state index is 0.0858. The SMILES string of the molecule is Cc1ccc(CNC(=O)COc2ccc(F)cc2)cc1. The Bertz CT molecular complexity index is 513. The lowest BCUT2D eigenvalue weighted by molar-refractivity contribution is -0.123. The van der Waals surface area contributed by atoms with Crippen LogP contribution in [0.4, 0.5) is 4.39 Å². The fraction of sp³-hybridized carbons (Fsp3) is 0.188. The minimum Gasteiger partial charge on any atom is -0.484 e. The zero-order chi connectivity index (χ0) is 14.4. The highest BCUT2D eigenvalue weighted by Gasteiger charge is 2.03. The second-order valence-corrected chi connectivity index (χ2v) is 4.50. The molecule has 1 N–H and O–H groups in total. The third-order valence-electron chi connectivity index (χ3n) is 2.79. The van der Waals surface area contributed by atoms with Crippen molar-refractivity contribution in [1.82, 2.24) is 5.32 Å². The van der Waals surface area contributed by atoms with Gasteiger partial charge in [0.2, 0.25) is 0 Å². The maximum absolute atomic E-state index is 12.7. The fourth-order valence-electron chi connectivity index (χ4n) is 1.64. The number of hydrogen-bond acceptors (Lipinski definition) is 2. The van der Waals surface area contributed by atoms with E-state index in [-0.39, 0.29) is 18.3 Å². The van der Waals surface area contributed by atoms with Crippen molar-refractivity contribution >= 4 is 5.91 Å². The van der Waals surface area contributed by atoms with E-state index in [0.717, 1.165) is 5.56 Å². The molecular weight excluding hydrogens is 257 g/mol. The van der Waals surface area contributed by atoms with E-state index in [4.69, 9.17) is 4.74 Å². The molecule has 0 atom stereocenters. The Morgan fingerprint density at radius 2 is 1.75 bits per heavy atom. The number of carbonyl (C=O) groups excluding carboxylic acids is 1. The summed E-state index contributed by atoms with van der Waals surface area (Å²) in [5.74, 6) is -0.0760. The lowest BCUT2D eigenvalue weighted by Crippen LogP contribution is -2.28. The van der Waals surface area contributed by atoms with Crippen LogP contribution in [-0.2, 0) is 11.3 Å². The molecule has 0 aliphatic carbocycles. The molecule has 0 bridgehead atoms. The number of halogens is 1. The van der Waals surface area contributed by atoms with Crippen molar-refractivity contribution in [3.05, 3.63) is 65.5 Å². The van der Waals surface area contributed by atoms with E-state index in [0.29, 0.717) is 12.3 Å². The molecule has 0 saturated heterocycles. The smallest absolute Gasteiger partial charge is 0.258 e. The summed E-state index contributed by atoms with van der Waals surface area (Å²) in [4.78, 5) is 11.6. The fourth-order valence-corrected chi connectivity index (χ4v) is 1.64. The number of hydrogen-bond donors (Lipinski definition) is 1. The van der Waals surface area contributed by atoms with Gasteiger partial charge in [-0.3, -0.25) is 4.79 Å². The van der Waals surface area contributed by atoms with Gasteiger partial charge in [-0.05, 0) is 36.8 Å². The molecule has 2 aromatic carbocycles. The molecule has 3 nitrogen and oxygen atoms in total. The van der Waals surface area contributed by atoms with Gasteiger partial charge in [0.15, 0.2) is 6.61 Å². The van der Waals surface area contributed by atoms with Gasteiger partial charge in [0.25, 0.3) is 5.91 Å². The van der Waals surface area contributed by atoms with E-state index in [1.807, 2.05) is 31.2 Å². The Hall–Kier alpha value is -2.36. The van der Waals surface area contributed by atoms with Gasteiger partial charge < -0.3 is 10.1 Å². The highest BCUT2D eigenvalue weighted by Crippen LogP contribution is 2.10. The Morgan fingerprint density at radius 3 is 2.40 bits per heavy atom. The Balaban J connectivity index is 1.75. The van der Waals surface area contributed by atoms with E-state index in [2.05, 4.69) is 5.32 Å². The summed E-state index contributed by atoms with van der Waals surface area (Å²) >= 11 is 0. The Kier molecular flexibility index (Phi) is 4.71. The number of aryl methyl sites for hydroxylation is 1. The Labute approximate surface area is 117 Å². The van der Waals surface area contributed by atoms with Gasteiger partial charge in [-0.2, -0.15) is 0 Å². The second kappa shape index (κ2) is 6.70. The molecule has 20 heavy (non-hydrogen) atoms. The van der Waals surface area contributed by atoms with E-state index in [1.54, 1.807) is 0 Å². The van der Waals surface area contributed by atoms with Crippen LogP contribution in [0.5, 0.6) is 5.75 Å². The molecule has 4 heteroatoms. The lowest BCUT2D eigenvalue weighted by Gasteiger charge is -2.07. The van der Waals surface area contributed by atoms with Crippen molar-refractivity contribution in [3.8, 4) is 5.75 Å². The van der Waals surface area contributed by atoms with E-state index >= 15 is 0 Å². The molecule has 0 heterocycles. The first-order chi connectivity index (χ1) is 9.63. The summed E-state index contributed by atoms with van der Waals surface area (Å²) in [5, 5.41) is 2.76. The van der Waals surface area contributed by atoms with E-state index < -0.39 is 0 Å². The predicted octanol–water partition coefficient (Wildman–Crippen LogP) is 2.83. The molecule has 0 aliphatic rings. The molecule has 0 fully saturated rings. The standard InChI is InChI=1S/C16H16FNO2/c1-12-2-4-13(5-3-12)10-18-16(19)11-20-15-8-6-14(17)7-9-15/h2-9H,10-11H2,1H3,(H,18,19). The van der Waals surface area contributed by atoms with Crippen LogP contribution in [0.3, 0.4) is 0 Å². The van der Waals surface area contributed by atoms with Crippen molar-refractivity contribution in [2.75, 3.05) is 6.61 Å². The van der Waals surface area contributed by atoms with Gasteiger partial charge >= 0.3 is 0 Å². The van der Waals surface area contributed by atoms with Gasteiger partial charge in [0.1, 0.15) is 11.6 Å². The first kappa shape index (κ1) is 14.1. The number of amides is 1. The summed E-state index contributed by atoms with van der Waals surface area (Å²) in [6.07, 6.45) is 0. The molecule has 0 saturated carbocycles. The number of carbonyl (C=O) groups is 1. The summed E-state index contributed by atoms with van der Waals surface area (Å²) in [7, 11) is 0. The van der Waals surface area contributed by atoms with Gasteiger partial charge in [-0.1, -0.05) is 29.8 Å². The van der Waals surface area contributed by atoms with Crippen molar-refractivity contribution in [1.29, 1.82) is 0 Å². The van der Waals surface area contributed by atoms with Crippen molar-refractivity contribution < 1.29 is 13.9 Å². The number of rotatable bonds is 5. The average Bonchev–Trinajstić information content (AvgIpc) is 2.46. The average molecular weight is 273 g/mol. The summed E-state index contributed by atoms with van der Waals surface area (Å²) in [6, 6.07) is 13.5. The highest BCUT2D eigenvalue weighted by atomic mass is 19.1. The molecule has 104 valence electrons. The first-order valence-corrected chi connectivity index (χ1v) is 6.34. The van der Waals surface area contributed by atoms with Crippen LogP contribution in [-0.4, -0.2) is 12.5 Å². The molecular formula is C16H16FNO2.